The number of amides is 2. The molecule has 0 spiro atoms. The summed E-state index contributed by atoms with van der Waals surface area (Å²) >= 11 is 0. The normalized spacial score (nSPS) is 29.0. The van der Waals surface area contributed by atoms with Gasteiger partial charge < -0.3 is 14.6 Å². The Morgan fingerprint density at radius 3 is 2.72 bits per heavy atom. The summed E-state index contributed by atoms with van der Waals surface area (Å²) in [5.74, 6) is 2.96. The van der Waals surface area contributed by atoms with Gasteiger partial charge in [0.15, 0.2) is 0 Å². The molecular weight excluding hydrogens is 318 g/mol. The van der Waals surface area contributed by atoms with E-state index in [0.717, 1.165) is 44.1 Å². The fourth-order valence-corrected chi connectivity index (χ4v) is 4.41. The number of rotatable bonds is 5. The van der Waals surface area contributed by atoms with Crippen LogP contribution in [0.4, 0.5) is 0 Å². The molecule has 25 heavy (non-hydrogen) atoms. The van der Waals surface area contributed by atoms with Crippen LogP contribution in [0.2, 0.25) is 0 Å². The van der Waals surface area contributed by atoms with E-state index in [1.165, 1.54) is 12.8 Å². The monoisotopic (exact) mass is 345 g/mol. The largest absolute Gasteiger partial charge is 0.465 e. The topological polar surface area (TPSA) is 65.8 Å². The summed E-state index contributed by atoms with van der Waals surface area (Å²) in [6, 6.07) is 3.85. The predicted molar refractivity (Wildman–Crippen MR) is 92.7 cm³/mol. The Bertz CT molecular complexity index is 667. The van der Waals surface area contributed by atoms with Crippen LogP contribution in [0.15, 0.2) is 16.5 Å². The van der Waals surface area contributed by atoms with Crippen LogP contribution in [0.25, 0.3) is 0 Å². The third-order valence-electron chi connectivity index (χ3n) is 5.80. The molecule has 1 aromatic rings. The summed E-state index contributed by atoms with van der Waals surface area (Å²) < 4.78 is 5.68. The lowest BCUT2D eigenvalue weighted by Gasteiger charge is -2.29. The molecule has 3 aliphatic rings. The predicted octanol–water partition coefficient (Wildman–Crippen LogP) is 1.54. The van der Waals surface area contributed by atoms with Gasteiger partial charge in [0.1, 0.15) is 17.6 Å². The van der Waals surface area contributed by atoms with Gasteiger partial charge in [-0.25, -0.2) is 0 Å². The number of fused-ring (bicyclic) bond motifs is 1. The third kappa shape index (κ3) is 3.45. The zero-order valence-corrected chi connectivity index (χ0v) is 15.0. The molecular formula is C19H27N3O3. The number of carbonyl (C=O) groups excluding carboxylic acids is 2. The number of hydrogen-bond acceptors (Lipinski definition) is 4. The van der Waals surface area contributed by atoms with Gasteiger partial charge in [-0.3, -0.25) is 14.5 Å². The van der Waals surface area contributed by atoms with E-state index in [9.17, 15) is 9.59 Å². The van der Waals surface area contributed by atoms with Crippen LogP contribution in [0.3, 0.4) is 0 Å². The highest BCUT2D eigenvalue weighted by Crippen LogP contribution is 2.37. The first-order valence-corrected chi connectivity index (χ1v) is 9.35. The van der Waals surface area contributed by atoms with Gasteiger partial charge in [-0.2, -0.15) is 0 Å². The van der Waals surface area contributed by atoms with E-state index in [4.69, 9.17) is 4.42 Å². The molecule has 0 unspecified atom stereocenters. The Balaban J connectivity index is 1.39. The fraction of sp³-hybridized carbons (Fsp3) is 0.684. The summed E-state index contributed by atoms with van der Waals surface area (Å²) in [5.41, 5.74) is 0. The lowest BCUT2D eigenvalue weighted by Crippen LogP contribution is -2.50. The maximum atomic E-state index is 12.6. The van der Waals surface area contributed by atoms with Gasteiger partial charge in [0.2, 0.25) is 11.8 Å². The SMILES string of the molecule is CC(=O)N1[C@@H]2CN(Cc3ccc(C)o3)C[C@@H]2C[C@H]1C(=O)NCC1CC1. The molecule has 1 saturated carbocycles. The maximum absolute atomic E-state index is 12.6. The van der Waals surface area contributed by atoms with Crippen LogP contribution >= 0.6 is 0 Å². The van der Waals surface area contributed by atoms with Crippen molar-refractivity contribution in [2.24, 2.45) is 11.8 Å². The number of nitrogens with one attached hydrogen (secondary N) is 1. The number of aryl methyl sites for hydroxylation is 1. The Morgan fingerprint density at radius 2 is 2.08 bits per heavy atom. The third-order valence-corrected chi connectivity index (χ3v) is 5.80. The van der Waals surface area contributed by atoms with Crippen molar-refractivity contribution in [1.29, 1.82) is 0 Å². The molecule has 1 aromatic heterocycles. The van der Waals surface area contributed by atoms with E-state index in [1.54, 1.807) is 6.92 Å². The van der Waals surface area contributed by atoms with Gasteiger partial charge >= 0.3 is 0 Å². The van der Waals surface area contributed by atoms with E-state index in [-0.39, 0.29) is 23.9 Å². The average Bonchev–Trinajstić information content (AvgIpc) is 3.01. The van der Waals surface area contributed by atoms with Gasteiger partial charge in [0, 0.05) is 32.6 Å². The first-order chi connectivity index (χ1) is 12.0. The Labute approximate surface area is 148 Å². The highest BCUT2D eigenvalue weighted by Gasteiger charge is 2.50. The van der Waals surface area contributed by atoms with E-state index in [1.807, 2.05) is 24.0 Å². The molecule has 3 fully saturated rings. The van der Waals surface area contributed by atoms with Crippen molar-refractivity contribution in [3.8, 4) is 0 Å². The zero-order chi connectivity index (χ0) is 17.6. The molecule has 6 nitrogen and oxygen atoms in total. The van der Waals surface area contributed by atoms with Crippen molar-refractivity contribution in [3.63, 3.8) is 0 Å². The summed E-state index contributed by atoms with van der Waals surface area (Å²) in [6.07, 6.45) is 3.20. The molecule has 6 heteroatoms. The van der Waals surface area contributed by atoms with Crippen LogP contribution in [0.5, 0.6) is 0 Å². The maximum Gasteiger partial charge on any atom is 0.242 e. The highest BCUT2D eigenvalue weighted by molar-refractivity contribution is 5.88. The van der Waals surface area contributed by atoms with Crippen molar-refractivity contribution >= 4 is 11.8 Å². The zero-order valence-electron chi connectivity index (χ0n) is 15.0. The van der Waals surface area contributed by atoms with E-state index in [0.29, 0.717) is 11.8 Å². The van der Waals surface area contributed by atoms with Crippen molar-refractivity contribution in [2.75, 3.05) is 19.6 Å². The van der Waals surface area contributed by atoms with Crippen LogP contribution in [0.1, 0.15) is 37.7 Å². The number of furan rings is 1. The minimum absolute atomic E-state index is 0.00904. The number of carbonyl (C=O) groups is 2. The van der Waals surface area contributed by atoms with Gasteiger partial charge in [-0.1, -0.05) is 0 Å². The van der Waals surface area contributed by atoms with Gasteiger partial charge in [-0.05, 0) is 50.2 Å². The average molecular weight is 345 g/mol. The standard InChI is InChI=1S/C19H27N3O3/c1-12-3-6-16(25-12)10-21-9-15-7-17(19(24)20-8-14-4-5-14)22(13(2)23)18(15)11-21/h3,6,14-15,17-18H,4-5,7-11H2,1-2H3,(H,20,24)/t15-,17-,18+/m0/s1. The second-order valence-electron chi connectivity index (χ2n) is 7.90. The molecule has 1 aliphatic carbocycles. The second kappa shape index (κ2) is 6.48. The van der Waals surface area contributed by atoms with E-state index >= 15 is 0 Å². The molecule has 0 bridgehead atoms. The van der Waals surface area contributed by atoms with Crippen LogP contribution < -0.4 is 5.32 Å². The Morgan fingerprint density at radius 1 is 1.28 bits per heavy atom. The first-order valence-electron chi connectivity index (χ1n) is 9.35. The molecule has 2 amide bonds. The van der Waals surface area contributed by atoms with Crippen LogP contribution in [0, 0.1) is 18.8 Å². The molecule has 1 N–H and O–H groups in total. The van der Waals surface area contributed by atoms with Crippen molar-refractivity contribution < 1.29 is 14.0 Å². The minimum atomic E-state index is -0.292. The molecule has 2 saturated heterocycles. The van der Waals surface area contributed by atoms with Crippen LogP contribution in [-0.4, -0.2) is 53.3 Å². The minimum Gasteiger partial charge on any atom is -0.465 e. The number of hydrogen-bond donors (Lipinski definition) is 1. The first kappa shape index (κ1) is 16.6. The van der Waals surface area contributed by atoms with Crippen molar-refractivity contribution in [2.45, 2.75) is 51.7 Å². The quantitative estimate of drug-likeness (QED) is 0.879. The summed E-state index contributed by atoms with van der Waals surface area (Å²) in [5, 5.41) is 3.05. The van der Waals surface area contributed by atoms with E-state index < -0.39 is 0 Å². The molecule has 2 aliphatic heterocycles. The second-order valence-corrected chi connectivity index (χ2v) is 7.90. The molecule has 0 aromatic carbocycles. The lowest BCUT2D eigenvalue weighted by molar-refractivity contribution is -0.138. The molecule has 3 heterocycles. The van der Waals surface area contributed by atoms with Gasteiger partial charge in [0.05, 0.1) is 6.54 Å². The number of likely N-dealkylation sites (tertiary alicyclic amines) is 2. The molecule has 4 rings (SSSR count). The Kier molecular flexibility index (Phi) is 4.31. The fourth-order valence-electron chi connectivity index (χ4n) is 4.41. The molecule has 0 radical (unpaired) electrons. The highest BCUT2D eigenvalue weighted by atomic mass is 16.3. The number of nitrogens with zero attached hydrogens (tertiary/aromatic N) is 2. The summed E-state index contributed by atoms with van der Waals surface area (Å²) in [4.78, 5) is 29.0. The molecule has 136 valence electrons. The summed E-state index contributed by atoms with van der Waals surface area (Å²) in [7, 11) is 0. The van der Waals surface area contributed by atoms with Crippen molar-refractivity contribution in [3.05, 3.63) is 23.7 Å². The van der Waals surface area contributed by atoms with Crippen molar-refractivity contribution in [1.82, 2.24) is 15.1 Å². The summed E-state index contributed by atoms with van der Waals surface area (Å²) in [6.45, 7) is 6.80. The molecule has 3 atom stereocenters. The van der Waals surface area contributed by atoms with E-state index in [2.05, 4.69) is 10.2 Å². The Hall–Kier alpha value is -1.82. The smallest absolute Gasteiger partial charge is 0.242 e. The van der Waals surface area contributed by atoms with Gasteiger partial charge in [0.25, 0.3) is 0 Å². The van der Waals surface area contributed by atoms with Crippen LogP contribution in [-0.2, 0) is 16.1 Å². The van der Waals surface area contributed by atoms with Gasteiger partial charge in [-0.15, -0.1) is 0 Å². The lowest BCUT2D eigenvalue weighted by atomic mass is 10.0.